The number of pyridine rings is 1. The quantitative estimate of drug-likeness (QED) is 0.910. The number of aromatic nitrogens is 1. The molecule has 0 aliphatic carbocycles. The van der Waals surface area contributed by atoms with Gasteiger partial charge in [-0.25, -0.2) is 0 Å². The van der Waals surface area contributed by atoms with E-state index in [-0.39, 0.29) is 5.56 Å². The molecule has 1 aromatic heterocycles. The van der Waals surface area contributed by atoms with Crippen LogP contribution in [-0.4, -0.2) is 19.2 Å². The molecule has 2 rings (SSSR count). The molecule has 0 radical (unpaired) electrons. The van der Waals surface area contributed by atoms with E-state index < -0.39 is 0 Å². The summed E-state index contributed by atoms with van der Waals surface area (Å²) < 4.78 is 10.5. The molecule has 0 spiro atoms. The molecule has 1 aromatic carbocycles. The lowest BCUT2D eigenvalue weighted by molar-refractivity contribution is 0.409. The zero-order valence-electron chi connectivity index (χ0n) is 10.8. The van der Waals surface area contributed by atoms with E-state index in [1.807, 2.05) is 6.07 Å². The van der Waals surface area contributed by atoms with Gasteiger partial charge in [0.2, 0.25) is 0 Å². The maximum Gasteiger partial charge on any atom is 0.251 e. The number of hydrogen-bond donors (Lipinski definition) is 1. The van der Waals surface area contributed by atoms with Crippen LogP contribution in [0.3, 0.4) is 0 Å². The SMILES string of the molecule is COc1ccc(OC)c2[nH]c(=O)c(CCC#N)cc12. The third kappa shape index (κ3) is 2.38. The first-order valence-electron chi connectivity index (χ1n) is 5.85. The lowest BCUT2D eigenvalue weighted by Gasteiger charge is -2.10. The molecule has 0 fully saturated rings. The Labute approximate surface area is 110 Å². The second kappa shape index (κ2) is 5.44. The van der Waals surface area contributed by atoms with E-state index in [2.05, 4.69) is 4.98 Å². The molecule has 0 atom stereocenters. The Morgan fingerprint density at radius 2 is 1.95 bits per heavy atom. The van der Waals surface area contributed by atoms with Gasteiger partial charge in [-0.05, 0) is 24.6 Å². The van der Waals surface area contributed by atoms with E-state index in [1.54, 1.807) is 32.4 Å². The average Bonchev–Trinajstić information content (AvgIpc) is 2.44. The number of fused-ring (bicyclic) bond motifs is 1. The molecule has 5 heteroatoms. The molecule has 1 heterocycles. The van der Waals surface area contributed by atoms with Crippen molar-refractivity contribution >= 4 is 10.9 Å². The van der Waals surface area contributed by atoms with E-state index in [0.717, 1.165) is 5.39 Å². The van der Waals surface area contributed by atoms with Crippen LogP contribution in [0.25, 0.3) is 10.9 Å². The van der Waals surface area contributed by atoms with Gasteiger partial charge < -0.3 is 14.5 Å². The monoisotopic (exact) mass is 258 g/mol. The van der Waals surface area contributed by atoms with Gasteiger partial charge >= 0.3 is 0 Å². The number of methoxy groups -OCH3 is 2. The Kier molecular flexibility index (Phi) is 3.71. The first-order valence-corrected chi connectivity index (χ1v) is 5.85. The van der Waals surface area contributed by atoms with Crippen LogP contribution in [-0.2, 0) is 6.42 Å². The summed E-state index contributed by atoms with van der Waals surface area (Å²) in [4.78, 5) is 14.7. The number of hydrogen-bond acceptors (Lipinski definition) is 4. The van der Waals surface area contributed by atoms with Gasteiger partial charge in [0.25, 0.3) is 5.56 Å². The Bertz CT molecular complexity index is 698. The van der Waals surface area contributed by atoms with E-state index in [4.69, 9.17) is 14.7 Å². The predicted octanol–water partition coefficient (Wildman–Crippen LogP) is 2.00. The van der Waals surface area contributed by atoms with Crippen molar-refractivity contribution in [3.05, 3.63) is 34.1 Å². The highest BCUT2D eigenvalue weighted by atomic mass is 16.5. The van der Waals surface area contributed by atoms with Crippen LogP contribution < -0.4 is 15.0 Å². The number of nitrogens with one attached hydrogen (secondary N) is 1. The van der Waals surface area contributed by atoms with Crippen molar-refractivity contribution < 1.29 is 9.47 Å². The van der Waals surface area contributed by atoms with Crippen LogP contribution >= 0.6 is 0 Å². The summed E-state index contributed by atoms with van der Waals surface area (Å²) in [6, 6.07) is 7.32. The lowest BCUT2D eigenvalue weighted by Crippen LogP contribution is -2.12. The van der Waals surface area contributed by atoms with E-state index in [9.17, 15) is 4.79 Å². The lowest BCUT2D eigenvalue weighted by atomic mass is 10.1. The minimum atomic E-state index is -0.200. The van der Waals surface area contributed by atoms with Gasteiger partial charge in [-0.2, -0.15) is 5.26 Å². The van der Waals surface area contributed by atoms with Gasteiger partial charge in [0.1, 0.15) is 11.5 Å². The van der Waals surface area contributed by atoms with E-state index in [1.165, 1.54) is 0 Å². The van der Waals surface area contributed by atoms with Crippen LogP contribution in [0.5, 0.6) is 11.5 Å². The van der Waals surface area contributed by atoms with Gasteiger partial charge in [0.05, 0.1) is 25.8 Å². The smallest absolute Gasteiger partial charge is 0.251 e. The summed E-state index contributed by atoms with van der Waals surface area (Å²) in [5.41, 5.74) is 0.975. The summed E-state index contributed by atoms with van der Waals surface area (Å²) in [7, 11) is 3.12. The Morgan fingerprint density at radius 1 is 1.26 bits per heavy atom. The topological polar surface area (TPSA) is 75.1 Å². The fraction of sp³-hybridized carbons (Fsp3) is 0.286. The first-order chi connectivity index (χ1) is 9.21. The molecule has 1 N–H and O–H groups in total. The maximum atomic E-state index is 11.9. The molecule has 0 aliphatic rings. The normalized spacial score (nSPS) is 10.2. The summed E-state index contributed by atoms with van der Waals surface area (Å²) >= 11 is 0. The van der Waals surface area contributed by atoms with E-state index >= 15 is 0 Å². The second-order valence-corrected chi connectivity index (χ2v) is 4.04. The molecule has 0 unspecified atom stereocenters. The number of benzene rings is 1. The largest absolute Gasteiger partial charge is 0.496 e. The minimum absolute atomic E-state index is 0.200. The highest BCUT2D eigenvalue weighted by molar-refractivity contribution is 5.90. The van der Waals surface area contributed by atoms with Crippen LogP contribution in [0.4, 0.5) is 0 Å². The maximum absolute atomic E-state index is 11.9. The standard InChI is InChI=1S/C14H14N2O3/c1-18-11-5-6-12(19-2)13-10(11)8-9(4-3-7-15)14(17)16-13/h5-6,8H,3-4H2,1-2H3,(H,16,17). The average molecular weight is 258 g/mol. The zero-order chi connectivity index (χ0) is 13.8. The molecular formula is C14H14N2O3. The van der Waals surface area contributed by atoms with Gasteiger partial charge in [-0.3, -0.25) is 4.79 Å². The van der Waals surface area contributed by atoms with Crippen molar-refractivity contribution in [1.82, 2.24) is 4.98 Å². The van der Waals surface area contributed by atoms with Crippen molar-refractivity contribution in [2.45, 2.75) is 12.8 Å². The fourth-order valence-corrected chi connectivity index (χ4v) is 2.01. The number of rotatable bonds is 4. The van der Waals surface area contributed by atoms with Crippen LogP contribution in [0.1, 0.15) is 12.0 Å². The van der Waals surface area contributed by atoms with Crippen molar-refractivity contribution in [2.75, 3.05) is 14.2 Å². The number of ether oxygens (including phenoxy) is 2. The molecule has 0 saturated heterocycles. The fourth-order valence-electron chi connectivity index (χ4n) is 2.01. The van der Waals surface area contributed by atoms with Crippen LogP contribution in [0, 0.1) is 11.3 Å². The van der Waals surface area contributed by atoms with Crippen molar-refractivity contribution in [3.63, 3.8) is 0 Å². The Balaban J connectivity index is 2.69. The second-order valence-electron chi connectivity index (χ2n) is 4.04. The molecule has 0 amide bonds. The third-order valence-corrected chi connectivity index (χ3v) is 2.96. The van der Waals surface area contributed by atoms with Crippen molar-refractivity contribution in [3.8, 4) is 17.6 Å². The first kappa shape index (κ1) is 13.0. The van der Waals surface area contributed by atoms with Gasteiger partial charge in [-0.15, -0.1) is 0 Å². The number of aromatic amines is 1. The Morgan fingerprint density at radius 3 is 2.58 bits per heavy atom. The highest BCUT2D eigenvalue weighted by Crippen LogP contribution is 2.31. The molecule has 5 nitrogen and oxygen atoms in total. The van der Waals surface area contributed by atoms with Crippen molar-refractivity contribution in [1.29, 1.82) is 5.26 Å². The van der Waals surface area contributed by atoms with E-state index in [0.29, 0.717) is 35.4 Å². The number of H-pyrrole nitrogens is 1. The van der Waals surface area contributed by atoms with Crippen molar-refractivity contribution in [2.24, 2.45) is 0 Å². The van der Waals surface area contributed by atoms with Crippen LogP contribution in [0.15, 0.2) is 23.0 Å². The third-order valence-electron chi connectivity index (χ3n) is 2.96. The Hall–Kier alpha value is -2.48. The molecule has 0 bridgehead atoms. The number of aryl methyl sites for hydroxylation is 1. The molecule has 0 aliphatic heterocycles. The number of nitriles is 1. The predicted molar refractivity (Wildman–Crippen MR) is 71.6 cm³/mol. The number of nitrogens with zero attached hydrogens (tertiary/aromatic N) is 1. The van der Waals surface area contributed by atoms with Crippen LogP contribution in [0.2, 0.25) is 0 Å². The summed E-state index contributed by atoms with van der Waals surface area (Å²) in [5.74, 6) is 1.24. The minimum Gasteiger partial charge on any atom is -0.496 e. The summed E-state index contributed by atoms with van der Waals surface area (Å²) in [6.45, 7) is 0. The summed E-state index contributed by atoms with van der Waals surface area (Å²) in [5, 5.41) is 9.38. The van der Waals surface area contributed by atoms with Gasteiger partial charge in [-0.1, -0.05) is 0 Å². The molecule has 0 saturated carbocycles. The summed E-state index contributed by atoms with van der Waals surface area (Å²) in [6.07, 6.45) is 0.725. The molecule has 2 aromatic rings. The van der Waals surface area contributed by atoms with Gasteiger partial charge in [0, 0.05) is 17.4 Å². The molecule has 19 heavy (non-hydrogen) atoms. The molecular weight excluding hydrogens is 244 g/mol. The highest BCUT2D eigenvalue weighted by Gasteiger charge is 2.11. The molecule has 98 valence electrons. The zero-order valence-corrected chi connectivity index (χ0v) is 10.8. The van der Waals surface area contributed by atoms with Gasteiger partial charge in [0.15, 0.2) is 0 Å².